The maximum Gasteiger partial charge on any atom is 0.193 e. The number of hydrogen-bond acceptors (Lipinski definition) is 2. The van der Waals surface area contributed by atoms with Crippen molar-refractivity contribution in [2.24, 2.45) is 0 Å². The fourth-order valence-electron chi connectivity index (χ4n) is 4.17. The van der Waals surface area contributed by atoms with Gasteiger partial charge in [-0.3, -0.25) is 4.79 Å². The second-order valence-electron chi connectivity index (χ2n) is 7.05. The van der Waals surface area contributed by atoms with Gasteiger partial charge in [-0.15, -0.1) is 0 Å². The molecule has 0 N–H and O–H groups in total. The van der Waals surface area contributed by atoms with Crippen LogP contribution in [0, 0.1) is 5.82 Å². The van der Waals surface area contributed by atoms with Crippen molar-refractivity contribution in [2.75, 3.05) is 0 Å². The molecule has 4 rings (SSSR count). The smallest absolute Gasteiger partial charge is 0.193 e. The van der Waals surface area contributed by atoms with Crippen LogP contribution in [0.15, 0.2) is 72.8 Å². The van der Waals surface area contributed by atoms with E-state index in [0.29, 0.717) is 11.1 Å². The van der Waals surface area contributed by atoms with Gasteiger partial charge in [0.25, 0.3) is 0 Å². The van der Waals surface area contributed by atoms with Crippen molar-refractivity contribution >= 4 is 11.6 Å². The second kappa shape index (κ2) is 6.92. The van der Waals surface area contributed by atoms with E-state index in [4.69, 9.17) is 0 Å². The topological polar surface area (TPSA) is 34.1 Å². The van der Waals surface area contributed by atoms with Gasteiger partial charge in [0.1, 0.15) is 11.6 Å². The molecule has 27 heavy (non-hydrogen) atoms. The van der Waals surface area contributed by atoms with Crippen LogP contribution in [0.25, 0.3) is 0 Å². The molecule has 3 aromatic carbocycles. The van der Waals surface area contributed by atoms with Crippen molar-refractivity contribution in [3.05, 3.63) is 106 Å². The van der Waals surface area contributed by atoms with Crippen LogP contribution >= 0.6 is 0 Å². The maximum absolute atomic E-state index is 13.9. The van der Waals surface area contributed by atoms with E-state index in [1.165, 1.54) is 12.1 Å². The van der Waals surface area contributed by atoms with Crippen molar-refractivity contribution in [3.63, 3.8) is 0 Å². The van der Waals surface area contributed by atoms with E-state index >= 15 is 0 Å². The van der Waals surface area contributed by atoms with Crippen LogP contribution in [0.4, 0.5) is 4.39 Å². The highest BCUT2D eigenvalue weighted by Crippen LogP contribution is 2.46. The van der Waals surface area contributed by atoms with Gasteiger partial charge in [-0.2, -0.15) is 0 Å². The van der Waals surface area contributed by atoms with Gasteiger partial charge < -0.3 is 4.79 Å². The van der Waals surface area contributed by atoms with Crippen molar-refractivity contribution in [3.8, 4) is 0 Å². The van der Waals surface area contributed by atoms with Gasteiger partial charge in [-0.25, -0.2) is 4.39 Å². The van der Waals surface area contributed by atoms with E-state index in [0.717, 1.165) is 16.7 Å². The number of hydrogen-bond donors (Lipinski definition) is 0. The second-order valence-corrected chi connectivity index (χ2v) is 7.05. The molecular formula is C24H19FO2. The van der Waals surface area contributed by atoms with Crippen LogP contribution in [0.1, 0.15) is 57.8 Å². The molecule has 0 aromatic heterocycles. The van der Waals surface area contributed by atoms with E-state index in [-0.39, 0.29) is 35.6 Å². The highest BCUT2D eigenvalue weighted by molar-refractivity contribution is 6.12. The number of carbonyl (C=O) groups excluding carboxylic acids is 2. The average molecular weight is 358 g/mol. The molecule has 2 nitrogen and oxygen atoms in total. The minimum atomic E-state index is -0.325. The number of rotatable bonds is 4. The average Bonchev–Trinajstić information content (AvgIpc) is 2.67. The first-order chi connectivity index (χ1) is 13.1. The molecule has 0 bridgehead atoms. The number of fused-ring (bicyclic) bond motifs is 2. The predicted molar refractivity (Wildman–Crippen MR) is 103 cm³/mol. The summed E-state index contributed by atoms with van der Waals surface area (Å²) in [6, 6.07) is 21.5. The first-order valence-corrected chi connectivity index (χ1v) is 9.03. The summed E-state index contributed by atoms with van der Waals surface area (Å²) < 4.78 is 13.9. The first kappa shape index (κ1) is 17.3. The van der Waals surface area contributed by atoms with Crippen molar-refractivity contribution in [1.29, 1.82) is 0 Å². The molecule has 3 aromatic rings. The van der Waals surface area contributed by atoms with E-state index in [1.807, 2.05) is 54.6 Å². The van der Waals surface area contributed by atoms with Gasteiger partial charge in [0.2, 0.25) is 0 Å². The Labute approximate surface area is 157 Å². The van der Waals surface area contributed by atoms with E-state index in [9.17, 15) is 14.0 Å². The molecule has 1 aliphatic carbocycles. The van der Waals surface area contributed by atoms with Gasteiger partial charge >= 0.3 is 0 Å². The normalized spacial score (nSPS) is 14.4. The van der Waals surface area contributed by atoms with Gasteiger partial charge in [0, 0.05) is 29.4 Å². The van der Waals surface area contributed by atoms with Crippen LogP contribution in [0.5, 0.6) is 0 Å². The summed E-state index contributed by atoms with van der Waals surface area (Å²) in [5.74, 6) is -0.710. The third-order valence-corrected chi connectivity index (χ3v) is 5.27. The highest BCUT2D eigenvalue weighted by Gasteiger charge is 2.36. The summed E-state index contributed by atoms with van der Waals surface area (Å²) >= 11 is 0. The summed E-state index contributed by atoms with van der Waals surface area (Å²) in [4.78, 5) is 25.0. The van der Waals surface area contributed by atoms with Crippen LogP contribution in [-0.4, -0.2) is 11.6 Å². The van der Waals surface area contributed by atoms with Crippen LogP contribution in [-0.2, 0) is 4.79 Å². The Morgan fingerprint density at radius 1 is 0.926 bits per heavy atom. The van der Waals surface area contributed by atoms with Gasteiger partial charge in [0.05, 0.1) is 0 Å². The highest BCUT2D eigenvalue weighted by atomic mass is 19.1. The van der Waals surface area contributed by atoms with Gasteiger partial charge in [0.15, 0.2) is 5.78 Å². The Morgan fingerprint density at radius 2 is 1.52 bits per heavy atom. The van der Waals surface area contributed by atoms with Gasteiger partial charge in [-0.1, -0.05) is 60.7 Å². The molecule has 134 valence electrons. The Bertz CT molecular complexity index is 988. The van der Waals surface area contributed by atoms with Crippen molar-refractivity contribution in [1.82, 2.24) is 0 Å². The lowest BCUT2D eigenvalue weighted by atomic mass is 9.68. The summed E-state index contributed by atoms with van der Waals surface area (Å²) in [6.45, 7) is 1.55. The molecule has 0 amide bonds. The van der Waals surface area contributed by atoms with Crippen molar-refractivity contribution < 1.29 is 14.0 Å². The van der Waals surface area contributed by atoms with E-state index < -0.39 is 0 Å². The SMILES string of the molecule is CC(=O)C[C@H](c1cccc(F)c1)C1c2ccccc2C(=O)c2ccccc21. The number of carbonyl (C=O) groups is 2. The first-order valence-electron chi connectivity index (χ1n) is 9.03. The van der Waals surface area contributed by atoms with E-state index in [2.05, 4.69) is 0 Å². The molecule has 0 fully saturated rings. The monoisotopic (exact) mass is 358 g/mol. The zero-order valence-corrected chi connectivity index (χ0v) is 15.0. The fraction of sp³-hybridized carbons (Fsp3) is 0.167. The molecule has 0 aliphatic heterocycles. The molecule has 0 spiro atoms. The molecule has 0 radical (unpaired) electrons. The number of Topliss-reactive ketones (excluding diaryl/α,β-unsaturated/α-hetero) is 1. The minimum Gasteiger partial charge on any atom is -0.300 e. The lowest BCUT2D eigenvalue weighted by Gasteiger charge is -2.33. The predicted octanol–water partition coefficient (Wildman–Crippen LogP) is 5.26. The Morgan fingerprint density at radius 3 is 2.07 bits per heavy atom. The fourth-order valence-corrected chi connectivity index (χ4v) is 4.17. The quantitative estimate of drug-likeness (QED) is 0.637. The molecule has 0 unspecified atom stereocenters. The van der Waals surface area contributed by atoms with Crippen LogP contribution < -0.4 is 0 Å². The number of halogens is 1. The van der Waals surface area contributed by atoms with Crippen molar-refractivity contribution in [2.45, 2.75) is 25.2 Å². The molecular weight excluding hydrogens is 339 g/mol. The Hall–Kier alpha value is -3.07. The summed E-state index contributed by atoms with van der Waals surface area (Å²) in [6.07, 6.45) is 0.283. The Kier molecular flexibility index (Phi) is 4.44. The molecule has 0 saturated heterocycles. The van der Waals surface area contributed by atoms with Crippen LogP contribution in [0.2, 0.25) is 0 Å². The lowest BCUT2D eigenvalue weighted by Crippen LogP contribution is -2.25. The largest absolute Gasteiger partial charge is 0.300 e. The molecule has 1 aliphatic rings. The summed E-state index contributed by atoms with van der Waals surface area (Å²) in [7, 11) is 0. The standard InChI is InChI=1S/C24H19FO2/c1-15(26)13-22(16-7-6-8-17(25)14-16)23-18-9-2-4-11-20(18)24(27)21-12-5-3-10-19(21)23/h2-12,14,22-23H,13H2,1H3/t22-/m1/s1. The molecule has 1 atom stereocenters. The summed E-state index contributed by atoms with van der Waals surface area (Å²) in [5.41, 5.74) is 3.89. The lowest BCUT2D eigenvalue weighted by molar-refractivity contribution is -0.117. The minimum absolute atomic E-state index is 0.00160. The van der Waals surface area contributed by atoms with Gasteiger partial charge in [-0.05, 0) is 35.7 Å². The number of benzene rings is 3. The number of ketones is 2. The molecule has 0 saturated carbocycles. The summed E-state index contributed by atoms with van der Waals surface area (Å²) in [5, 5.41) is 0. The third kappa shape index (κ3) is 3.10. The molecule has 3 heteroatoms. The maximum atomic E-state index is 13.9. The Balaban J connectivity index is 1.96. The third-order valence-electron chi connectivity index (χ3n) is 5.27. The zero-order chi connectivity index (χ0) is 19.0. The molecule has 0 heterocycles. The van der Waals surface area contributed by atoms with E-state index in [1.54, 1.807) is 13.0 Å². The van der Waals surface area contributed by atoms with Crippen LogP contribution in [0.3, 0.4) is 0 Å². The zero-order valence-electron chi connectivity index (χ0n) is 15.0.